The number of aromatic nitrogens is 1. The van der Waals surface area contributed by atoms with Gasteiger partial charge in [0.1, 0.15) is 6.61 Å². The summed E-state index contributed by atoms with van der Waals surface area (Å²) in [4.78, 5) is 6.65. The molecule has 27 heavy (non-hydrogen) atoms. The maximum absolute atomic E-state index is 10.5. The quantitative estimate of drug-likeness (QED) is 0.809. The number of nitrogens with zero attached hydrogens (tertiary/aromatic N) is 2. The molecule has 2 N–H and O–H groups in total. The summed E-state index contributed by atoms with van der Waals surface area (Å²) in [7, 11) is 0. The van der Waals surface area contributed by atoms with E-state index in [1.807, 2.05) is 18.3 Å². The fourth-order valence-electron chi connectivity index (χ4n) is 3.84. The highest BCUT2D eigenvalue weighted by atomic mass is 35.5. The van der Waals surface area contributed by atoms with Gasteiger partial charge in [0.2, 0.25) is 0 Å². The zero-order valence-electron chi connectivity index (χ0n) is 15.3. The number of hydrogen-bond donors (Lipinski definition) is 2. The molecule has 0 aliphatic carbocycles. The predicted molar refractivity (Wildman–Crippen MR) is 112 cm³/mol. The smallest absolute Gasteiger partial charge is 0.165 e. The van der Waals surface area contributed by atoms with Gasteiger partial charge in [-0.25, -0.2) is 0 Å². The average Bonchev–Trinajstić information content (AvgIpc) is 2.85. The molecular formula is C20H27Cl2N3O2. The Hall–Kier alpha value is -1.53. The Kier molecular flexibility index (Phi) is 8.17. The van der Waals surface area contributed by atoms with Crippen molar-refractivity contribution in [2.24, 2.45) is 5.92 Å². The van der Waals surface area contributed by atoms with E-state index in [4.69, 9.17) is 4.74 Å². The molecule has 0 unspecified atom stereocenters. The number of fused-ring (bicyclic) bond motifs is 1. The van der Waals surface area contributed by atoms with Crippen molar-refractivity contribution < 1.29 is 9.84 Å². The van der Waals surface area contributed by atoms with Gasteiger partial charge in [0.05, 0.1) is 0 Å². The first-order valence-electron chi connectivity index (χ1n) is 9.12. The Balaban J connectivity index is 0.00000131. The summed E-state index contributed by atoms with van der Waals surface area (Å²) >= 11 is 0. The van der Waals surface area contributed by atoms with Gasteiger partial charge in [-0.2, -0.15) is 0 Å². The molecule has 3 heterocycles. The van der Waals surface area contributed by atoms with Gasteiger partial charge < -0.3 is 15.2 Å². The van der Waals surface area contributed by atoms with E-state index < -0.39 is 0 Å². The molecule has 2 aromatic rings. The first-order chi connectivity index (χ1) is 12.3. The van der Waals surface area contributed by atoms with E-state index >= 15 is 0 Å². The van der Waals surface area contributed by atoms with Gasteiger partial charge in [-0.05, 0) is 55.6 Å². The molecule has 2 aliphatic rings. The van der Waals surface area contributed by atoms with Gasteiger partial charge in [-0.15, -0.1) is 24.8 Å². The fourth-order valence-corrected chi connectivity index (χ4v) is 3.84. The number of nitrogens with one attached hydrogen (secondary N) is 1. The van der Waals surface area contributed by atoms with Gasteiger partial charge in [0, 0.05) is 43.2 Å². The zero-order chi connectivity index (χ0) is 17.1. The Morgan fingerprint density at radius 1 is 1.19 bits per heavy atom. The van der Waals surface area contributed by atoms with E-state index in [2.05, 4.69) is 21.3 Å². The molecule has 0 bridgehead atoms. The molecule has 1 saturated heterocycles. The van der Waals surface area contributed by atoms with Crippen molar-refractivity contribution in [3.8, 4) is 22.6 Å². The summed E-state index contributed by atoms with van der Waals surface area (Å²) < 4.78 is 5.87. The number of halogens is 2. The number of aromatic hydroxyl groups is 1. The van der Waals surface area contributed by atoms with Crippen LogP contribution in [0.2, 0.25) is 0 Å². The van der Waals surface area contributed by atoms with E-state index in [1.54, 1.807) is 12.3 Å². The number of hydrogen-bond acceptors (Lipinski definition) is 5. The van der Waals surface area contributed by atoms with Crippen molar-refractivity contribution in [2.75, 3.05) is 32.8 Å². The molecule has 5 nitrogen and oxygen atoms in total. The van der Waals surface area contributed by atoms with Crippen molar-refractivity contribution in [3.05, 3.63) is 42.2 Å². The molecule has 4 rings (SSSR count). The summed E-state index contributed by atoms with van der Waals surface area (Å²) in [5.74, 6) is 1.61. The van der Waals surface area contributed by atoms with E-state index in [1.165, 1.54) is 12.8 Å². The van der Waals surface area contributed by atoms with Gasteiger partial charge in [0.15, 0.2) is 11.5 Å². The van der Waals surface area contributed by atoms with E-state index in [0.29, 0.717) is 12.4 Å². The van der Waals surface area contributed by atoms with Crippen LogP contribution in [0.5, 0.6) is 11.5 Å². The predicted octanol–water partition coefficient (Wildman–Crippen LogP) is 3.49. The number of benzene rings is 1. The number of ether oxygens (including phenoxy) is 1. The summed E-state index contributed by atoms with van der Waals surface area (Å²) in [6.07, 6.45) is 6.07. The molecule has 7 heteroatoms. The third-order valence-electron chi connectivity index (χ3n) is 5.16. The van der Waals surface area contributed by atoms with Crippen LogP contribution in [0, 0.1) is 5.92 Å². The largest absolute Gasteiger partial charge is 0.504 e. The normalized spacial score (nSPS) is 17.6. The molecular weight excluding hydrogens is 385 g/mol. The standard InChI is InChI=1S/C20H25N3O2.2ClH/c24-19-11-17(16-2-1-5-22-12-16)10-18-14-23(8-9-25-20(18)19)13-15-3-6-21-7-4-15;;/h1-2,5,10-12,15,21,24H,3-4,6-9,13-14H2;2*1H. The lowest BCUT2D eigenvalue weighted by molar-refractivity contribution is 0.180. The molecule has 1 aromatic heterocycles. The van der Waals surface area contributed by atoms with Gasteiger partial charge in [-0.3, -0.25) is 9.88 Å². The van der Waals surface area contributed by atoms with Crippen LogP contribution in [-0.4, -0.2) is 47.8 Å². The van der Waals surface area contributed by atoms with Crippen LogP contribution in [0.25, 0.3) is 11.1 Å². The van der Waals surface area contributed by atoms with Crippen LogP contribution < -0.4 is 10.1 Å². The van der Waals surface area contributed by atoms with Crippen molar-refractivity contribution in [1.29, 1.82) is 0 Å². The summed E-state index contributed by atoms with van der Waals surface area (Å²) in [5.41, 5.74) is 3.05. The number of rotatable bonds is 3. The third-order valence-corrected chi connectivity index (χ3v) is 5.16. The molecule has 0 amide bonds. The van der Waals surface area contributed by atoms with Crippen LogP contribution in [0.15, 0.2) is 36.7 Å². The Bertz CT molecular complexity index is 725. The lowest BCUT2D eigenvalue weighted by Gasteiger charge is -2.28. The van der Waals surface area contributed by atoms with Crippen molar-refractivity contribution >= 4 is 24.8 Å². The molecule has 1 fully saturated rings. The number of phenols is 1. The van der Waals surface area contributed by atoms with Gasteiger partial charge in [0.25, 0.3) is 0 Å². The van der Waals surface area contributed by atoms with Crippen LogP contribution in [0.4, 0.5) is 0 Å². The van der Waals surface area contributed by atoms with Crippen LogP contribution in [0.1, 0.15) is 18.4 Å². The van der Waals surface area contributed by atoms with Crippen molar-refractivity contribution in [3.63, 3.8) is 0 Å². The molecule has 1 aromatic carbocycles. The van der Waals surface area contributed by atoms with E-state index in [-0.39, 0.29) is 30.6 Å². The average molecular weight is 412 g/mol. The molecule has 0 spiro atoms. The molecule has 2 aliphatic heterocycles. The highest BCUT2D eigenvalue weighted by Crippen LogP contribution is 2.37. The lowest BCUT2D eigenvalue weighted by Crippen LogP contribution is -2.36. The van der Waals surface area contributed by atoms with Crippen molar-refractivity contribution in [1.82, 2.24) is 15.2 Å². The maximum Gasteiger partial charge on any atom is 0.165 e. The topological polar surface area (TPSA) is 57.6 Å². The fraction of sp³-hybridized carbons (Fsp3) is 0.450. The second-order valence-electron chi connectivity index (χ2n) is 7.00. The van der Waals surface area contributed by atoms with Crippen LogP contribution in [-0.2, 0) is 6.54 Å². The molecule has 0 saturated carbocycles. The summed E-state index contributed by atoms with van der Waals surface area (Å²) in [5, 5.41) is 13.9. The minimum Gasteiger partial charge on any atom is -0.504 e. The second-order valence-corrected chi connectivity index (χ2v) is 7.00. The SMILES string of the molecule is Cl.Cl.Oc1cc(-c2cccnc2)cc2c1OCCN(CC1CCNCC1)C2. The summed E-state index contributed by atoms with van der Waals surface area (Å²) in [6.45, 7) is 5.69. The maximum atomic E-state index is 10.5. The van der Waals surface area contributed by atoms with Gasteiger partial charge in [-0.1, -0.05) is 6.07 Å². The van der Waals surface area contributed by atoms with Crippen molar-refractivity contribution in [2.45, 2.75) is 19.4 Å². The van der Waals surface area contributed by atoms with E-state index in [0.717, 1.165) is 55.3 Å². The molecule has 0 radical (unpaired) electrons. The number of pyridine rings is 1. The third kappa shape index (κ3) is 5.26. The highest BCUT2D eigenvalue weighted by molar-refractivity contribution is 5.85. The first-order valence-corrected chi connectivity index (χ1v) is 9.12. The zero-order valence-corrected chi connectivity index (χ0v) is 16.9. The van der Waals surface area contributed by atoms with E-state index in [9.17, 15) is 5.11 Å². The second kappa shape index (κ2) is 10.1. The Morgan fingerprint density at radius 3 is 2.74 bits per heavy atom. The van der Waals surface area contributed by atoms with Crippen LogP contribution in [0.3, 0.4) is 0 Å². The van der Waals surface area contributed by atoms with Crippen LogP contribution >= 0.6 is 24.8 Å². The Morgan fingerprint density at radius 2 is 2.00 bits per heavy atom. The number of phenolic OH excluding ortho intramolecular Hbond substituents is 1. The first kappa shape index (κ1) is 21.8. The number of piperidine rings is 1. The molecule has 0 atom stereocenters. The Labute approximate surface area is 173 Å². The van der Waals surface area contributed by atoms with Gasteiger partial charge >= 0.3 is 0 Å². The monoisotopic (exact) mass is 411 g/mol. The lowest BCUT2D eigenvalue weighted by atomic mass is 9.97. The minimum absolute atomic E-state index is 0. The highest BCUT2D eigenvalue weighted by Gasteiger charge is 2.23. The minimum atomic E-state index is 0. The molecule has 148 valence electrons. The summed E-state index contributed by atoms with van der Waals surface area (Å²) in [6, 6.07) is 7.83.